The van der Waals surface area contributed by atoms with Gasteiger partial charge in [-0.1, -0.05) is 18.9 Å². The van der Waals surface area contributed by atoms with Crippen LogP contribution in [0.25, 0.3) is 0 Å². The number of hydrogen-bond acceptors (Lipinski definition) is 2. The SMILES string of the molecule is O=C(NCC1CCCC1)c1cccc(O)c1. The first-order valence-electron chi connectivity index (χ1n) is 5.83. The van der Waals surface area contributed by atoms with Crippen molar-refractivity contribution in [3.8, 4) is 5.75 Å². The van der Waals surface area contributed by atoms with E-state index in [1.54, 1.807) is 18.2 Å². The van der Waals surface area contributed by atoms with Crippen LogP contribution in [0.2, 0.25) is 0 Å². The topological polar surface area (TPSA) is 49.3 Å². The molecule has 0 radical (unpaired) electrons. The number of benzene rings is 1. The van der Waals surface area contributed by atoms with Crippen molar-refractivity contribution in [2.24, 2.45) is 5.92 Å². The van der Waals surface area contributed by atoms with E-state index in [0.717, 1.165) is 6.54 Å². The summed E-state index contributed by atoms with van der Waals surface area (Å²) in [5.41, 5.74) is 0.526. The molecule has 0 bridgehead atoms. The Morgan fingerprint density at radius 1 is 1.38 bits per heavy atom. The molecule has 0 spiro atoms. The van der Waals surface area contributed by atoms with Gasteiger partial charge in [-0.2, -0.15) is 0 Å². The third-order valence-electron chi connectivity index (χ3n) is 3.13. The van der Waals surface area contributed by atoms with E-state index in [-0.39, 0.29) is 11.7 Å². The van der Waals surface area contributed by atoms with E-state index < -0.39 is 0 Å². The van der Waals surface area contributed by atoms with Crippen LogP contribution in [0.4, 0.5) is 0 Å². The predicted molar refractivity (Wildman–Crippen MR) is 62.4 cm³/mol. The molecular formula is C13H17NO2. The Kier molecular flexibility index (Phi) is 3.44. The fraction of sp³-hybridized carbons (Fsp3) is 0.462. The van der Waals surface area contributed by atoms with E-state index in [1.807, 2.05) is 0 Å². The first-order chi connectivity index (χ1) is 7.75. The number of carbonyl (C=O) groups is 1. The van der Waals surface area contributed by atoms with Gasteiger partial charge in [0.05, 0.1) is 0 Å². The zero-order chi connectivity index (χ0) is 11.4. The maximum Gasteiger partial charge on any atom is 0.251 e. The number of hydrogen-bond donors (Lipinski definition) is 2. The van der Waals surface area contributed by atoms with Crippen molar-refractivity contribution in [1.29, 1.82) is 0 Å². The summed E-state index contributed by atoms with van der Waals surface area (Å²) in [6, 6.07) is 6.45. The molecule has 3 nitrogen and oxygen atoms in total. The fourth-order valence-electron chi connectivity index (χ4n) is 2.20. The van der Waals surface area contributed by atoms with E-state index in [9.17, 15) is 9.90 Å². The van der Waals surface area contributed by atoms with Crippen molar-refractivity contribution >= 4 is 5.91 Å². The van der Waals surface area contributed by atoms with Crippen LogP contribution >= 0.6 is 0 Å². The Morgan fingerprint density at radius 2 is 2.12 bits per heavy atom. The zero-order valence-corrected chi connectivity index (χ0v) is 9.28. The highest BCUT2D eigenvalue weighted by Gasteiger charge is 2.16. The fourth-order valence-corrected chi connectivity index (χ4v) is 2.20. The standard InChI is InChI=1S/C13H17NO2/c15-12-7-3-6-11(8-12)13(16)14-9-10-4-1-2-5-10/h3,6-8,10,15H,1-2,4-5,9H2,(H,14,16). The largest absolute Gasteiger partial charge is 0.508 e. The third kappa shape index (κ3) is 2.75. The van der Waals surface area contributed by atoms with Gasteiger partial charge in [-0.05, 0) is 37.0 Å². The summed E-state index contributed by atoms with van der Waals surface area (Å²) in [6.45, 7) is 0.758. The van der Waals surface area contributed by atoms with Gasteiger partial charge >= 0.3 is 0 Å². The summed E-state index contributed by atoms with van der Waals surface area (Å²) in [5.74, 6) is 0.678. The highest BCUT2D eigenvalue weighted by atomic mass is 16.3. The van der Waals surface area contributed by atoms with E-state index in [0.29, 0.717) is 11.5 Å². The molecule has 1 aliphatic carbocycles. The van der Waals surface area contributed by atoms with Gasteiger partial charge in [-0.3, -0.25) is 4.79 Å². The first kappa shape index (κ1) is 11.0. The Bertz CT molecular complexity index is 370. The van der Waals surface area contributed by atoms with Crippen LogP contribution in [0.15, 0.2) is 24.3 Å². The summed E-state index contributed by atoms with van der Waals surface area (Å²) in [6.07, 6.45) is 5.01. The number of phenolic OH excluding ortho intramolecular Hbond substituents is 1. The highest BCUT2D eigenvalue weighted by molar-refractivity contribution is 5.94. The maximum atomic E-state index is 11.7. The number of rotatable bonds is 3. The van der Waals surface area contributed by atoms with Crippen molar-refractivity contribution in [3.63, 3.8) is 0 Å². The molecule has 1 saturated carbocycles. The minimum atomic E-state index is -0.0946. The average molecular weight is 219 g/mol. The quantitative estimate of drug-likeness (QED) is 0.819. The van der Waals surface area contributed by atoms with E-state index in [4.69, 9.17) is 0 Å². The number of aromatic hydroxyl groups is 1. The third-order valence-corrected chi connectivity index (χ3v) is 3.13. The first-order valence-corrected chi connectivity index (χ1v) is 5.83. The van der Waals surface area contributed by atoms with E-state index in [2.05, 4.69) is 5.32 Å². The van der Waals surface area contributed by atoms with Crippen molar-refractivity contribution in [2.75, 3.05) is 6.54 Å². The van der Waals surface area contributed by atoms with Gasteiger partial charge in [-0.15, -0.1) is 0 Å². The van der Waals surface area contributed by atoms with Crippen LogP contribution in [-0.4, -0.2) is 17.6 Å². The van der Waals surface area contributed by atoms with Crippen molar-refractivity contribution in [2.45, 2.75) is 25.7 Å². The molecule has 1 fully saturated rings. The molecule has 0 aromatic heterocycles. The molecule has 1 aromatic rings. The Morgan fingerprint density at radius 3 is 2.81 bits per heavy atom. The van der Waals surface area contributed by atoms with Crippen LogP contribution in [0.1, 0.15) is 36.0 Å². The maximum absolute atomic E-state index is 11.7. The van der Waals surface area contributed by atoms with Crippen LogP contribution in [0.5, 0.6) is 5.75 Å². The molecule has 0 atom stereocenters. The van der Waals surface area contributed by atoms with Crippen molar-refractivity contribution in [1.82, 2.24) is 5.32 Å². The molecule has 1 aliphatic rings. The number of nitrogens with one attached hydrogen (secondary N) is 1. The molecule has 0 unspecified atom stereocenters. The smallest absolute Gasteiger partial charge is 0.251 e. The molecule has 16 heavy (non-hydrogen) atoms. The summed E-state index contributed by atoms with van der Waals surface area (Å²) in [7, 11) is 0. The zero-order valence-electron chi connectivity index (χ0n) is 9.28. The predicted octanol–water partition coefficient (Wildman–Crippen LogP) is 2.31. The van der Waals surface area contributed by atoms with E-state index in [1.165, 1.54) is 31.7 Å². The average Bonchev–Trinajstić information content (AvgIpc) is 2.78. The lowest BCUT2D eigenvalue weighted by Gasteiger charge is -2.10. The van der Waals surface area contributed by atoms with Crippen molar-refractivity contribution < 1.29 is 9.90 Å². The van der Waals surface area contributed by atoms with Crippen molar-refractivity contribution in [3.05, 3.63) is 29.8 Å². The second kappa shape index (κ2) is 5.01. The van der Waals surface area contributed by atoms with Crippen LogP contribution in [0, 0.1) is 5.92 Å². The highest BCUT2D eigenvalue weighted by Crippen LogP contribution is 2.23. The molecule has 3 heteroatoms. The molecule has 2 rings (SSSR count). The van der Waals surface area contributed by atoms with Crippen LogP contribution in [0.3, 0.4) is 0 Å². The van der Waals surface area contributed by atoms with Gasteiger partial charge < -0.3 is 10.4 Å². The van der Waals surface area contributed by atoms with Gasteiger partial charge in [0.2, 0.25) is 0 Å². The molecule has 0 aliphatic heterocycles. The summed E-state index contributed by atoms with van der Waals surface area (Å²) < 4.78 is 0. The number of amides is 1. The van der Waals surface area contributed by atoms with Crippen LogP contribution < -0.4 is 5.32 Å². The molecule has 0 heterocycles. The molecule has 0 saturated heterocycles. The molecule has 1 aromatic carbocycles. The lowest BCUT2D eigenvalue weighted by atomic mass is 10.1. The summed E-state index contributed by atoms with van der Waals surface area (Å²) in [5, 5.41) is 12.2. The Hall–Kier alpha value is -1.51. The Labute approximate surface area is 95.5 Å². The molecular weight excluding hydrogens is 202 g/mol. The van der Waals surface area contributed by atoms with E-state index >= 15 is 0 Å². The summed E-state index contributed by atoms with van der Waals surface area (Å²) in [4.78, 5) is 11.7. The normalized spacial score (nSPS) is 16.2. The monoisotopic (exact) mass is 219 g/mol. The lowest BCUT2D eigenvalue weighted by Crippen LogP contribution is -2.28. The molecule has 2 N–H and O–H groups in total. The number of phenols is 1. The molecule has 86 valence electrons. The summed E-state index contributed by atoms with van der Waals surface area (Å²) >= 11 is 0. The van der Waals surface area contributed by atoms with Gasteiger partial charge in [0.25, 0.3) is 5.91 Å². The molecule has 1 amide bonds. The number of carbonyl (C=O) groups excluding carboxylic acids is 1. The lowest BCUT2D eigenvalue weighted by molar-refractivity contribution is 0.0947. The van der Waals surface area contributed by atoms with Gasteiger partial charge in [0.1, 0.15) is 5.75 Å². The van der Waals surface area contributed by atoms with Gasteiger partial charge in [-0.25, -0.2) is 0 Å². The van der Waals surface area contributed by atoms with Crippen LogP contribution in [-0.2, 0) is 0 Å². The Balaban J connectivity index is 1.87. The van der Waals surface area contributed by atoms with Gasteiger partial charge in [0, 0.05) is 12.1 Å². The second-order valence-electron chi connectivity index (χ2n) is 4.41. The second-order valence-corrected chi connectivity index (χ2v) is 4.41. The minimum absolute atomic E-state index is 0.0946. The minimum Gasteiger partial charge on any atom is -0.508 e. The van der Waals surface area contributed by atoms with Gasteiger partial charge in [0.15, 0.2) is 0 Å².